The Bertz CT molecular complexity index is 1290. The van der Waals surface area contributed by atoms with E-state index in [1.807, 2.05) is 24.3 Å². The summed E-state index contributed by atoms with van der Waals surface area (Å²) in [5.74, 6) is -0.345. The first-order chi connectivity index (χ1) is 14.8. The largest absolute Gasteiger partial charge is 0.507 e. The van der Waals surface area contributed by atoms with Gasteiger partial charge in [-0.3, -0.25) is 4.79 Å². The number of amides is 1. The highest BCUT2D eigenvalue weighted by atomic mass is 19.4. The Morgan fingerprint density at radius 1 is 0.968 bits per heavy atom. The number of hydrogen-bond acceptors (Lipinski definition) is 4. The van der Waals surface area contributed by atoms with Crippen LogP contribution in [0.1, 0.15) is 21.7 Å². The number of nitrogens with one attached hydrogen (secondary N) is 1. The Morgan fingerprint density at radius 3 is 2.45 bits per heavy atom. The standard InChI is InChI=1S/C23H15F3N2O3/c24-23(25,26)17-7-3-6-16(10-17)21-9-8-18(31-21)13-27-28-22(30)19-11-14-4-1-2-5-15(14)12-20(19)29/h1-13,29H,(H,28,30)/b27-13+. The van der Waals surface area contributed by atoms with Crippen LogP contribution < -0.4 is 5.43 Å². The number of rotatable bonds is 4. The summed E-state index contributed by atoms with van der Waals surface area (Å²) in [6.45, 7) is 0. The van der Waals surface area contributed by atoms with Crippen LogP contribution in [0, 0.1) is 0 Å². The Hall–Kier alpha value is -4.07. The first kappa shape index (κ1) is 20.2. The summed E-state index contributed by atoms with van der Waals surface area (Å²) in [6, 6.07) is 18.1. The topological polar surface area (TPSA) is 74.8 Å². The normalized spacial score (nSPS) is 11.8. The molecule has 0 aliphatic carbocycles. The van der Waals surface area contributed by atoms with Crippen molar-refractivity contribution >= 4 is 22.9 Å². The summed E-state index contributed by atoms with van der Waals surface area (Å²) in [5.41, 5.74) is 1.83. The molecule has 8 heteroatoms. The van der Waals surface area contributed by atoms with Crippen LogP contribution in [0.4, 0.5) is 13.2 Å². The molecule has 4 rings (SSSR count). The molecule has 3 aromatic carbocycles. The van der Waals surface area contributed by atoms with E-state index in [2.05, 4.69) is 10.5 Å². The second-order valence-corrected chi connectivity index (χ2v) is 6.70. The second-order valence-electron chi connectivity index (χ2n) is 6.70. The van der Waals surface area contributed by atoms with Gasteiger partial charge in [-0.25, -0.2) is 5.43 Å². The first-order valence-electron chi connectivity index (χ1n) is 9.14. The van der Waals surface area contributed by atoms with E-state index >= 15 is 0 Å². The van der Waals surface area contributed by atoms with Crippen molar-refractivity contribution < 1.29 is 27.5 Å². The first-order valence-corrected chi connectivity index (χ1v) is 9.14. The average Bonchev–Trinajstić information content (AvgIpc) is 3.21. The number of phenols is 1. The molecule has 1 amide bonds. The number of alkyl halides is 3. The van der Waals surface area contributed by atoms with Crippen LogP contribution in [0.15, 0.2) is 82.3 Å². The highest BCUT2D eigenvalue weighted by Gasteiger charge is 2.30. The molecule has 31 heavy (non-hydrogen) atoms. The lowest BCUT2D eigenvalue weighted by atomic mass is 10.1. The second kappa shape index (κ2) is 7.98. The van der Waals surface area contributed by atoms with Gasteiger partial charge in [0, 0.05) is 5.56 Å². The van der Waals surface area contributed by atoms with Crippen LogP contribution in [-0.2, 0) is 6.18 Å². The molecule has 1 aromatic heterocycles. The third-order valence-electron chi connectivity index (χ3n) is 4.57. The summed E-state index contributed by atoms with van der Waals surface area (Å²) < 4.78 is 44.1. The molecule has 0 atom stereocenters. The molecule has 0 saturated carbocycles. The minimum absolute atomic E-state index is 0.0555. The Balaban J connectivity index is 1.48. The molecule has 5 nitrogen and oxygen atoms in total. The van der Waals surface area contributed by atoms with Gasteiger partial charge in [-0.1, -0.05) is 36.4 Å². The molecule has 4 aromatic rings. The van der Waals surface area contributed by atoms with Crippen molar-refractivity contribution in [2.75, 3.05) is 0 Å². The van der Waals surface area contributed by atoms with Gasteiger partial charge in [0.05, 0.1) is 17.3 Å². The molecule has 0 radical (unpaired) electrons. The van der Waals surface area contributed by atoms with E-state index in [0.29, 0.717) is 0 Å². The van der Waals surface area contributed by atoms with Gasteiger partial charge in [0.15, 0.2) is 0 Å². The van der Waals surface area contributed by atoms with Crippen molar-refractivity contribution in [3.63, 3.8) is 0 Å². The molecule has 0 fully saturated rings. The van der Waals surface area contributed by atoms with Crippen molar-refractivity contribution in [2.45, 2.75) is 6.18 Å². The molecule has 0 saturated heterocycles. The fourth-order valence-electron chi connectivity index (χ4n) is 3.05. The number of phenolic OH excluding ortho intramolecular Hbond substituents is 1. The SMILES string of the molecule is O=C(N/N=C/c1ccc(-c2cccc(C(F)(F)F)c2)o1)c1cc2ccccc2cc1O. The van der Waals surface area contributed by atoms with Gasteiger partial charge in [0.2, 0.25) is 0 Å². The predicted octanol–water partition coefficient (Wildman–Crippen LogP) is 5.59. The molecule has 1 heterocycles. The number of benzene rings is 3. The number of halogens is 3. The fraction of sp³-hybridized carbons (Fsp3) is 0.0435. The zero-order valence-electron chi connectivity index (χ0n) is 15.9. The van der Waals surface area contributed by atoms with E-state index in [9.17, 15) is 23.1 Å². The summed E-state index contributed by atoms with van der Waals surface area (Å²) >= 11 is 0. The Kier molecular flexibility index (Phi) is 5.21. The lowest BCUT2D eigenvalue weighted by Gasteiger charge is -2.07. The fourth-order valence-corrected chi connectivity index (χ4v) is 3.05. The predicted molar refractivity (Wildman–Crippen MR) is 110 cm³/mol. The number of fused-ring (bicyclic) bond motifs is 1. The summed E-state index contributed by atoms with van der Waals surface area (Å²) in [6.07, 6.45) is -3.24. The van der Waals surface area contributed by atoms with Gasteiger partial charge in [-0.2, -0.15) is 18.3 Å². The van der Waals surface area contributed by atoms with Gasteiger partial charge in [0.25, 0.3) is 5.91 Å². The third kappa shape index (κ3) is 4.42. The van der Waals surface area contributed by atoms with Gasteiger partial charge in [-0.15, -0.1) is 0 Å². The number of carbonyl (C=O) groups excluding carboxylic acids is 1. The lowest BCUT2D eigenvalue weighted by Crippen LogP contribution is -2.17. The quantitative estimate of drug-likeness (QED) is 0.331. The zero-order chi connectivity index (χ0) is 22.0. The van der Waals surface area contributed by atoms with E-state index in [4.69, 9.17) is 4.42 Å². The third-order valence-corrected chi connectivity index (χ3v) is 4.57. The van der Waals surface area contributed by atoms with Gasteiger partial charge >= 0.3 is 6.18 Å². The van der Waals surface area contributed by atoms with Crippen molar-refractivity contribution in [1.29, 1.82) is 0 Å². The van der Waals surface area contributed by atoms with E-state index in [-0.39, 0.29) is 28.4 Å². The van der Waals surface area contributed by atoms with Gasteiger partial charge in [-0.05, 0) is 47.2 Å². The average molecular weight is 424 g/mol. The van der Waals surface area contributed by atoms with Crippen LogP contribution in [0.3, 0.4) is 0 Å². The maximum absolute atomic E-state index is 12.9. The number of carbonyl (C=O) groups is 1. The van der Waals surface area contributed by atoms with Gasteiger partial charge in [0.1, 0.15) is 17.3 Å². The van der Waals surface area contributed by atoms with Crippen LogP contribution in [0.5, 0.6) is 5.75 Å². The van der Waals surface area contributed by atoms with E-state index in [0.717, 1.165) is 22.9 Å². The Morgan fingerprint density at radius 2 is 1.71 bits per heavy atom. The highest BCUT2D eigenvalue weighted by molar-refractivity contribution is 6.01. The molecule has 0 unspecified atom stereocenters. The monoisotopic (exact) mass is 424 g/mol. The molecule has 0 aliphatic heterocycles. The number of hydrazone groups is 1. The molecule has 156 valence electrons. The minimum Gasteiger partial charge on any atom is -0.507 e. The molecule has 0 bridgehead atoms. The molecule has 2 N–H and O–H groups in total. The number of hydrogen-bond donors (Lipinski definition) is 2. The summed E-state index contributed by atoms with van der Waals surface area (Å²) in [7, 11) is 0. The van der Waals surface area contributed by atoms with E-state index < -0.39 is 17.6 Å². The maximum Gasteiger partial charge on any atom is 0.416 e. The van der Waals surface area contributed by atoms with Crippen molar-refractivity contribution in [3.05, 3.63) is 89.7 Å². The van der Waals surface area contributed by atoms with Crippen molar-refractivity contribution in [3.8, 4) is 17.1 Å². The molecular formula is C23H15F3N2O3. The van der Waals surface area contributed by atoms with Crippen LogP contribution >= 0.6 is 0 Å². The minimum atomic E-state index is -4.45. The van der Waals surface area contributed by atoms with Gasteiger partial charge < -0.3 is 9.52 Å². The van der Waals surface area contributed by atoms with Crippen LogP contribution in [-0.4, -0.2) is 17.2 Å². The number of aromatic hydroxyl groups is 1. The smallest absolute Gasteiger partial charge is 0.416 e. The Labute approximate surface area is 174 Å². The summed E-state index contributed by atoms with van der Waals surface area (Å²) in [4.78, 5) is 12.3. The van der Waals surface area contributed by atoms with Crippen molar-refractivity contribution in [1.82, 2.24) is 5.43 Å². The molecule has 0 spiro atoms. The van der Waals surface area contributed by atoms with Crippen molar-refractivity contribution in [2.24, 2.45) is 5.10 Å². The maximum atomic E-state index is 12.9. The van der Waals surface area contributed by atoms with E-state index in [1.165, 1.54) is 36.5 Å². The van der Waals surface area contributed by atoms with Crippen LogP contribution in [0.2, 0.25) is 0 Å². The number of furan rings is 1. The molecule has 0 aliphatic rings. The number of nitrogens with zero attached hydrogens (tertiary/aromatic N) is 1. The molecular weight excluding hydrogens is 409 g/mol. The van der Waals surface area contributed by atoms with Crippen LogP contribution in [0.25, 0.3) is 22.1 Å². The summed E-state index contributed by atoms with van der Waals surface area (Å²) in [5, 5.41) is 15.5. The van der Waals surface area contributed by atoms with E-state index in [1.54, 1.807) is 6.07 Å². The highest BCUT2D eigenvalue weighted by Crippen LogP contribution is 2.32. The lowest BCUT2D eigenvalue weighted by molar-refractivity contribution is -0.137. The zero-order valence-corrected chi connectivity index (χ0v) is 15.9.